The van der Waals surface area contributed by atoms with Crippen LogP contribution in [0.1, 0.15) is 47.5 Å². The molecule has 0 fully saturated rings. The van der Waals surface area contributed by atoms with E-state index in [1.165, 1.54) is 0 Å². The molecule has 1 amide bonds. The first kappa shape index (κ1) is 15.7. The van der Waals surface area contributed by atoms with E-state index in [-0.39, 0.29) is 23.1 Å². The van der Waals surface area contributed by atoms with Gasteiger partial charge in [0.2, 0.25) is 5.91 Å². The molecule has 0 spiro atoms. The van der Waals surface area contributed by atoms with E-state index in [2.05, 4.69) is 31.2 Å². The zero-order valence-corrected chi connectivity index (χ0v) is 11.4. The third-order valence-electron chi connectivity index (χ3n) is 2.52. The number of carbonyl (C=O) groups excluding carboxylic acids is 1. The summed E-state index contributed by atoms with van der Waals surface area (Å²) < 4.78 is 0. The summed E-state index contributed by atoms with van der Waals surface area (Å²) in [5.74, 6) is 0.0684. The molecule has 5 nitrogen and oxygen atoms in total. The predicted octanol–water partition coefficient (Wildman–Crippen LogP) is 1.70. The zero-order valence-electron chi connectivity index (χ0n) is 11.4. The molecule has 0 aromatic carbocycles. The summed E-state index contributed by atoms with van der Waals surface area (Å²) in [4.78, 5) is 11.7. The van der Waals surface area contributed by atoms with Gasteiger partial charge in [-0.15, -0.1) is 0 Å². The lowest BCUT2D eigenvalue weighted by molar-refractivity contribution is -0.122. The van der Waals surface area contributed by atoms with Crippen LogP contribution in [0, 0.1) is 11.3 Å². The van der Waals surface area contributed by atoms with Crippen molar-refractivity contribution in [3.8, 4) is 0 Å². The van der Waals surface area contributed by atoms with Gasteiger partial charge in [-0.25, -0.2) is 0 Å². The van der Waals surface area contributed by atoms with Gasteiger partial charge in [-0.1, -0.05) is 39.8 Å². The van der Waals surface area contributed by atoms with Crippen molar-refractivity contribution in [2.24, 2.45) is 22.2 Å². The van der Waals surface area contributed by atoms with Crippen LogP contribution in [0.5, 0.6) is 0 Å². The molecule has 1 unspecified atom stereocenters. The normalized spacial score (nSPS) is 14.8. The summed E-state index contributed by atoms with van der Waals surface area (Å²) >= 11 is 0. The molecule has 0 bridgehead atoms. The quantitative estimate of drug-likeness (QED) is 0.297. The van der Waals surface area contributed by atoms with Crippen molar-refractivity contribution in [3.63, 3.8) is 0 Å². The monoisotopic (exact) mass is 243 g/mol. The standard InChI is InChI=1S/C12H25N3O2/c1-8(2)10(11(13)15-17)14-9(16)6-7-12(3,4)5/h8,10,17H,6-7H2,1-5H3,(H2,13,15)(H,14,16). The van der Waals surface area contributed by atoms with Crippen LogP contribution in [0.15, 0.2) is 5.16 Å². The lowest BCUT2D eigenvalue weighted by atomic mass is 9.90. The molecule has 0 saturated heterocycles. The van der Waals surface area contributed by atoms with Crippen LogP contribution in [-0.4, -0.2) is 23.0 Å². The minimum absolute atomic E-state index is 0.0455. The van der Waals surface area contributed by atoms with Crippen molar-refractivity contribution < 1.29 is 10.0 Å². The maximum atomic E-state index is 11.7. The van der Waals surface area contributed by atoms with E-state index in [0.29, 0.717) is 6.42 Å². The molecule has 17 heavy (non-hydrogen) atoms. The smallest absolute Gasteiger partial charge is 0.220 e. The topological polar surface area (TPSA) is 87.7 Å². The van der Waals surface area contributed by atoms with E-state index < -0.39 is 6.04 Å². The Balaban J connectivity index is 4.33. The summed E-state index contributed by atoms with van der Waals surface area (Å²) in [5.41, 5.74) is 5.66. The van der Waals surface area contributed by atoms with E-state index in [0.717, 1.165) is 6.42 Å². The minimum atomic E-state index is -0.410. The number of hydrogen-bond acceptors (Lipinski definition) is 3. The molecule has 0 saturated carbocycles. The molecule has 4 N–H and O–H groups in total. The number of hydrogen-bond donors (Lipinski definition) is 3. The zero-order chi connectivity index (χ0) is 13.6. The first-order valence-corrected chi connectivity index (χ1v) is 5.94. The van der Waals surface area contributed by atoms with Gasteiger partial charge in [0.05, 0.1) is 6.04 Å². The van der Waals surface area contributed by atoms with E-state index in [1.54, 1.807) is 0 Å². The molecule has 0 rings (SSSR count). The van der Waals surface area contributed by atoms with E-state index in [4.69, 9.17) is 10.9 Å². The summed E-state index contributed by atoms with van der Waals surface area (Å²) in [6.07, 6.45) is 1.26. The van der Waals surface area contributed by atoms with Crippen LogP contribution < -0.4 is 11.1 Å². The van der Waals surface area contributed by atoms with Gasteiger partial charge in [-0.05, 0) is 17.8 Å². The highest BCUT2D eigenvalue weighted by Crippen LogP contribution is 2.20. The fourth-order valence-electron chi connectivity index (χ4n) is 1.38. The molecule has 0 heterocycles. The summed E-state index contributed by atoms with van der Waals surface area (Å²) in [7, 11) is 0. The van der Waals surface area contributed by atoms with Gasteiger partial charge in [-0.3, -0.25) is 4.79 Å². The van der Waals surface area contributed by atoms with Crippen LogP contribution in [-0.2, 0) is 4.79 Å². The molecule has 0 aliphatic carbocycles. The van der Waals surface area contributed by atoms with E-state index in [1.807, 2.05) is 13.8 Å². The van der Waals surface area contributed by atoms with E-state index in [9.17, 15) is 4.79 Å². The lowest BCUT2D eigenvalue weighted by Gasteiger charge is -2.22. The number of amidine groups is 1. The minimum Gasteiger partial charge on any atom is -0.409 e. The summed E-state index contributed by atoms with van der Waals surface area (Å²) in [6.45, 7) is 10.1. The molecule has 5 heteroatoms. The van der Waals surface area contributed by atoms with Gasteiger partial charge in [0.25, 0.3) is 0 Å². The van der Waals surface area contributed by atoms with Crippen LogP contribution in [0.4, 0.5) is 0 Å². The SMILES string of the molecule is CC(C)C(NC(=O)CCC(C)(C)C)C(N)=NO. The summed E-state index contributed by atoms with van der Waals surface area (Å²) in [6, 6.07) is -0.410. The van der Waals surface area contributed by atoms with Gasteiger partial charge in [-0.2, -0.15) is 0 Å². The highest BCUT2D eigenvalue weighted by atomic mass is 16.4. The molecule has 1 atom stereocenters. The van der Waals surface area contributed by atoms with Gasteiger partial charge < -0.3 is 16.3 Å². The van der Waals surface area contributed by atoms with Crippen molar-refractivity contribution in [1.29, 1.82) is 0 Å². The van der Waals surface area contributed by atoms with Gasteiger partial charge in [0.15, 0.2) is 5.84 Å². The Kier molecular flexibility index (Phi) is 5.99. The van der Waals surface area contributed by atoms with Crippen LogP contribution in [0.25, 0.3) is 0 Å². The fraction of sp³-hybridized carbons (Fsp3) is 0.833. The molecule has 0 aromatic heterocycles. The van der Waals surface area contributed by atoms with Crippen molar-refractivity contribution in [1.82, 2.24) is 5.32 Å². The highest BCUT2D eigenvalue weighted by Gasteiger charge is 2.21. The lowest BCUT2D eigenvalue weighted by Crippen LogP contribution is -2.47. The number of nitrogens with two attached hydrogens (primary N) is 1. The van der Waals surface area contributed by atoms with Crippen LogP contribution in [0.3, 0.4) is 0 Å². The van der Waals surface area contributed by atoms with E-state index >= 15 is 0 Å². The van der Waals surface area contributed by atoms with Crippen LogP contribution in [0.2, 0.25) is 0 Å². The maximum absolute atomic E-state index is 11.7. The molecular formula is C12H25N3O2. The third-order valence-corrected chi connectivity index (χ3v) is 2.52. The number of oxime groups is 1. The first-order valence-electron chi connectivity index (χ1n) is 5.94. The van der Waals surface area contributed by atoms with Gasteiger partial charge in [0.1, 0.15) is 0 Å². The first-order chi connectivity index (χ1) is 7.67. The second-order valence-electron chi connectivity index (χ2n) is 5.87. The average molecular weight is 243 g/mol. The second kappa shape index (κ2) is 6.47. The van der Waals surface area contributed by atoms with Crippen molar-refractivity contribution in [3.05, 3.63) is 0 Å². The molecule has 0 radical (unpaired) electrons. The van der Waals surface area contributed by atoms with Crippen LogP contribution >= 0.6 is 0 Å². The highest BCUT2D eigenvalue weighted by molar-refractivity contribution is 5.90. The molecule has 0 aromatic rings. The predicted molar refractivity (Wildman–Crippen MR) is 68.9 cm³/mol. The second-order valence-corrected chi connectivity index (χ2v) is 5.87. The number of rotatable bonds is 5. The number of amides is 1. The average Bonchev–Trinajstić information content (AvgIpc) is 2.20. The Labute approximate surface area is 103 Å². The molecule has 0 aliphatic heterocycles. The Hall–Kier alpha value is -1.26. The molecule has 100 valence electrons. The molecular weight excluding hydrogens is 218 g/mol. The fourth-order valence-corrected chi connectivity index (χ4v) is 1.38. The third kappa shape index (κ3) is 6.81. The number of nitrogens with one attached hydrogen (secondary N) is 1. The van der Waals surface area contributed by atoms with Crippen molar-refractivity contribution in [2.45, 2.75) is 53.5 Å². The maximum Gasteiger partial charge on any atom is 0.220 e. The Morgan fingerprint density at radius 1 is 1.41 bits per heavy atom. The largest absolute Gasteiger partial charge is 0.409 e. The van der Waals surface area contributed by atoms with Crippen molar-refractivity contribution >= 4 is 11.7 Å². The van der Waals surface area contributed by atoms with Gasteiger partial charge in [0, 0.05) is 6.42 Å². The summed E-state index contributed by atoms with van der Waals surface area (Å²) in [5, 5.41) is 14.4. The Morgan fingerprint density at radius 2 is 1.94 bits per heavy atom. The number of nitrogens with zero attached hydrogens (tertiary/aromatic N) is 1. The number of carbonyl (C=O) groups is 1. The Bertz CT molecular complexity index is 280. The van der Waals surface area contributed by atoms with Crippen molar-refractivity contribution in [2.75, 3.05) is 0 Å². The molecule has 0 aliphatic rings. The van der Waals surface area contributed by atoms with Gasteiger partial charge >= 0.3 is 0 Å². The Morgan fingerprint density at radius 3 is 2.29 bits per heavy atom.